The van der Waals surface area contributed by atoms with E-state index in [0.717, 1.165) is 38.5 Å². The first-order valence-corrected chi connectivity index (χ1v) is 9.22. The van der Waals surface area contributed by atoms with E-state index < -0.39 is 16.0 Å². The van der Waals surface area contributed by atoms with Crippen molar-refractivity contribution >= 4 is 16.0 Å². The lowest BCUT2D eigenvalue weighted by molar-refractivity contribution is 0.0600. The number of benzene rings is 1. The molecule has 0 unspecified atom stereocenters. The predicted octanol–water partition coefficient (Wildman–Crippen LogP) is 2.86. The highest BCUT2D eigenvalue weighted by Gasteiger charge is 2.21. The number of esters is 1. The van der Waals surface area contributed by atoms with Crippen LogP contribution in [0.2, 0.25) is 0 Å². The standard InChI is InChI=1S/C16H23NO4S/c1-21-16(18)13-8-7-11-15(12-13)22(19,20)17-14-9-5-3-2-4-6-10-14/h7-8,11-12,14,17H,2-6,9-10H2,1H3. The van der Waals surface area contributed by atoms with E-state index in [1.165, 1.54) is 25.7 Å². The van der Waals surface area contributed by atoms with Crippen LogP contribution in [0.15, 0.2) is 29.2 Å². The summed E-state index contributed by atoms with van der Waals surface area (Å²) in [6, 6.07) is 5.93. The first-order chi connectivity index (χ1) is 10.5. The zero-order chi connectivity index (χ0) is 16.0. The van der Waals surface area contributed by atoms with Crippen LogP contribution in [0.5, 0.6) is 0 Å². The molecule has 0 bridgehead atoms. The van der Waals surface area contributed by atoms with E-state index in [0.29, 0.717) is 0 Å². The Kier molecular flexibility index (Phi) is 5.97. The van der Waals surface area contributed by atoms with Gasteiger partial charge in [0.2, 0.25) is 10.0 Å². The molecule has 1 aromatic rings. The summed E-state index contributed by atoms with van der Waals surface area (Å²) in [6.07, 6.45) is 7.41. The molecular weight excluding hydrogens is 302 g/mol. The van der Waals surface area contributed by atoms with Gasteiger partial charge in [-0.3, -0.25) is 0 Å². The molecule has 122 valence electrons. The number of sulfonamides is 1. The summed E-state index contributed by atoms with van der Waals surface area (Å²) in [5.41, 5.74) is 0.239. The van der Waals surface area contributed by atoms with Crippen LogP contribution in [0.4, 0.5) is 0 Å². The molecule has 1 N–H and O–H groups in total. The first-order valence-electron chi connectivity index (χ1n) is 7.73. The van der Waals surface area contributed by atoms with Crippen LogP contribution in [0.1, 0.15) is 55.3 Å². The summed E-state index contributed by atoms with van der Waals surface area (Å²) < 4.78 is 32.4. The van der Waals surface area contributed by atoms with Crippen LogP contribution < -0.4 is 4.72 Å². The lowest BCUT2D eigenvalue weighted by atomic mass is 9.97. The molecule has 1 aromatic carbocycles. The van der Waals surface area contributed by atoms with Crippen molar-refractivity contribution in [2.24, 2.45) is 0 Å². The summed E-state index contributed by atoms with van der Waals surface area (Å²) in [7, 11) is -2.34. The van der Waals surface area contributed by atoms with Crippen LogP contribution in [0.25, 0.3) is 0 Å². The van der Waals surface area contributed by atoms with E-state index in [-0.39, 0.29) is 16.5 Å². The van der Waals surface area contributed by atoms with E-state index >= 15 is 0 Å². The van der Waals surface area contributed by atoms with Crippen molar-refractivity contribution in [1.29, 1.82) is 0 Å². The van der Waals surface area contributed by atoms with Gasteiger partial charge in [-0.2, -0.15) is 0 Å². The fourth-order valence-electron chi connectivity index (χ4n) is 2.77. The highest BCUT2D eigenvalue weighted by Crippen LogP contribution is 2.20. The second-order valence-electron chi connectivity index (χ2n) is 5.68. The second-order valence-corrected chi connectivity index (χ2v) is 7.40. The molecule has 0 spiro atoms. The zero-order valence-corrected chi connectivity index (χ0v) is 13.7. The highest BCUT2D eigenvalue weighted by molar-refractivity contribution is 7.89. The molecule has 1 saturated carbocycles. The molecule has 22 heavy (non-hydrogen) atoms. The summed E-state index contributed by atoms with van der Waals surface area (Å²) >= 11 is 0. The topological polar surface area (TPSA) is 72.5 Å². The number of rotatable bonds is 4. The Morgan fingerprint density at radius 1 is 1.14 bits per heavy atom. The molecule has 0 atom stereocenters. The predicted molar refractivity (Wildman–Crippen MR) is 84.2 cm³/mol. The van der Waals surface area contributed by atoms with Gasteiger partial charge in [0.25, 0.3) is 0 Å². The van der Waals surface area contributed by atoms with Gasteiger partial charge in [-0.25, -0.2) is 17.9 Å². The van der Waals surface area contributed by atoms with Crippen molar-refractivity contribution < 1.29 is 17.9 Å². The smallest absolute Gasteiger partial charge is 0.337 e. The molecule has 1 fully saturated rings. The summed E-state index contributed by atoms with van der Waals surface area (Å²) in [5, 5.41) is 0. The van der Waals surface area contributed by atoms with Crippen molar-refractivity contribution in [3.05, 3.63) is 29.8 Å². The van der Waals surface area contributed by atoms with Crippen molar-refractivity contribution in [3.63, 3.8) is 0 Å². The summed E-state index contributed by atoms with van der Waals surface area (Å²) in [6.45, 7) is 0. The van der Waals surface area contributed by atoms with Gasteiger partial charge < -0.3 is 4.74 Å². The molecule has 0 radical (unpaired) electrons. The van der Waals surface area contributed by atoms with Crippen LogP contribution in [-0.2, 0) is 14.8 Å². The van der Waals surface area contributed by atoms with E-state index in [1.807, 2.05) is 0 Å². The van der Waals surface area contributed by atoms with Gasteiger partial charge in [0.1, 0.15) is 0 Å². The van der Waals surface area contributed by atoms with E-state index in [4.69, 9.17) is 0 Å². The Labute approximate surface area is 132 Å². The Hall–Kier alpha value is -1.40. The maximum absolute atomic E-state index is 12.5. The Morgan fingerprint density at radius 2 is 1.77 bits per heavy atom. The summed E-state index contributed by atoms with van der Waals surface area (Å²) in [5.74, 6) is -0.539. The number of carbonyl (C=O) groups excluding carboxylic acids is 1. The van der Waals surface area contributed by atoms with Gasteiger partial charge in [-0.15, -0.1) is 0 Å². The number of carbonyl (C=O) groups is 1. The number of nitrogens with one attached hydrogen (secondary N) is 1. The van der Waals surface area contributed by atoms with Crippen molar-refractivity contribution in [2.75, 3.05) is 7.11 Å². The quantitative estimate of drug-likeness (QED) is 0.864. The molecule has 0 amide bonds. The van der Waals surface area contributed by atoms with Gasteiger partial charge in [-0.1, -0.05) is 38.2 Å². The minimum Gasteiger partial charge on any atom is -0.465 e. The van der Waals surface area contributed by atoms with Crippen LogP contribution in [0.3, 0.4) is 0 Å². The third kappa shape index (κ3) is 4.55. The van der Waals surface area contributed by atoms with E-state index in [2.05, 4.69) is 9.46 Å². The van der Waals surface area contributed by atoms with Crippen LogP contribution in [-0.4, -0.2) is 27.5 Å². The fourth-order valence-corrected chi connectivity index (χ4v) is 4.12. The van der Waals surface area contributed by atoms with E-state index in [1.54, 1.807) is 12.1 Å². The first kappa shape index (κ1) is 17.0. The molecule has 0 saturated heterocycles. The van der Waals surface area contributed by atoms with Gasteiger partial charge in [0.05, 0.1) is 17.6 Å². The second kappa shape index (κ2) is 7.74. The molecular formula is C16H23NO4S. The molecule has 0 aliphatic heterocycles. The average molecular weight is 325 g/mol. The van der Waals surface area contributed by atoms with Crippen molar-refractivity contribution in [3.8, 4) is 0 Å². The Balaban J connectivity index is 2.13. The lowest BCUT2D eigenvalue weighted by Gasteiger charge is -2.21. The number of hydrogen-bond donors (Lipinski definition) is 1. The maximum Gasteiger partial charge on any atom is 0.337 e. The van der Waals surface area contributed by atoms with Gasteiger partial charge in [-0.05, 0) is 31.0 Å². The minimum atomic E-state index is -3.61. The Morgan fingerprint density at radius 3 is 2.41 bits per heavy atom. The number of methoxy groups -OCH3 is 1. The van der Waals surface area contributed by atoms with Gasteiger partial charge in [0, 0.05) is 6.04 Å². The largest absolute Gasteiger partial charge is 0.465 e. The Bertz CT molecular complexity index is 604. The molecule has 2 rings (SSSR count). The third-order valence-corrected chi connectivity index (χ3v) is 5.51. The monoisotopic (exact) mass is 325 g/mol. The highest BCUT2D eigenvalue weighted by atomic mass is 32.2. The lowest BCUT2D eigenvalue weighted by Crippen LogP contribution is -2.35. The molecule has 0 aromatic heterocycles. The number of ether oxygens (including phenoxy) is 1. The van der Waals surface area contributed by atoms with Crippen molar-refractivity contribution in [2.45, 2.75) is 55.9 Å². The molecule has 6 heteroatoms. The average Bonchev–Trinajstić information content (AvgIpc) is 2.49. The molecule has 0 heterocycles. The fraction of sp³-hybridized carbons (Fsp3) is 0.562. The van der Waals surface area contributed by atoms with Gasteiger partial charge >= 0.3 is 5.97 Å². The maximum atomic E-state index is 12.5. The van der Waals surface area contributed by atoms with Crippen LogP contribution >= 0.6 is 0 Å². The summed E-state index contributed by atoms with van der Waals surface area (Å²) in [4.78, 5) is 11.6. The van der Waals surface area contributed by atoms with Crippen molar-refractivity contribution in [1.82, 2.24) is 4.72 Å². The molecule has 1 aliphatic rings. The zero-order valence-electron chi connectivity index (χ0n) is 12.9. The molecule has 1 aliphatic carbocycles. The van der Waals surface area contributed by atoms with Crippen LogP contribution in [0, 0.1) is 0 Å². The molecule has 5 nitrogen and oxygen atoms in total. The normalized spacial score (nSPS) is 17.5. The third-order valence-electron chi connectivity index (χ3n) is 3.99. The minimum absolute atomic E-state index is 0.0212. The van der Waals surface area contributed by atoms with Gasteiger partial charge in [0.15, 0.2) is 0 Å². The SMILES string of the molecule is COC(=O)c1cccc(S(=O)(=O)NC2CCCCCCC2)c1. The van der Waals surface area contributed by atoms with E-state index in [9.17, 15) is 13.2 Å². The number of hydrogen-bond acceptors (Lipinski definition) is 4.